The fourth-order valence-corrected chi connectivity index (χ4v) is 1.57. The average Bonchev–Trinajstić information content (AvgIpc) is 2.39. The van der Waals surface area contributed by atoms with Gasteiger partial charge in [0, 0.05) is 23.8 Å². The Morgan fingerprint density at radius 3 is 2.89 bits per heavy atom. The number of hydrogen-bond donors (Lipinski definition) is 2. The Morgan fingerprint density at radius 2 is 2.00 bits per heavy atom. The first-order valence-electron chi connectivity index (χ1n) is 5.35. The van der Waals surface area contributed by atoms with E-state index in [1.807, 2.05) is 24.3 Å². The molecule has 18 heavy (non-hydrogen) atoms. The molecule has 0 aliphatic rings. The third-order valence-electron chi connectivity index (χ3n) is 2.39. The molecule has 6 heteroatoms. The molecule has 3 rings (SSSR count). The van der Waals surface area contributed by atoms with Gasteiger partial charge in [0.1, 0.15) is 0 Å². The van der Waals surface area contributed by atoms with Crippen LogP contribution in [0.3, 0.4) is 0 Å². The highest BCUT2D eigenvalue weighted by atomic mass is 16.1. The molecule has 3 aromatic rings. The number of hydrogen-bond acceptors (Lipinski definition) is 5. The van der Waals surface area contributed by atoms with Crippen LogP contribution in [0, 0.1) is 0 Å². The molecule has 0 unspecified atom stereocenters. The zero-order valence-corrected chi connectivity index (χ0v) is 9.29. The number of nitrogens with zero attached hydrogens (tertiary/aromatic N) is 3. The van der Waals surface area contributed by atoms with E-state index in [4.69, 9.17) is 0 Å². The van der Waals surface area contributed by atoms with Crippen molar-refractivity contribution in [1.29, 1.82) is 0 Å². The molecule has 0 amide bonds. The van der Waals surface area contributed by atoms with Crippen molar-refractivity contribution in [3.05, 3.63) is 53.1 Å². The fourth-order valence-electron chi connectivity index (χ4n) is 1.57. The van der Waals surface area contributed by atoms with Crippen LogP contribution in [-0.4, -0.2) is 19.9 Å². The summed E-state index contributed by atoms with van der Waals surface area (Å²) in [6, 6.07) is 8.99. The smallest absolute Gasteiger partial charge is 0.252 e. The zero-order valence-electron chi connectivity index (χ0n) is 9.29. The largest absolute Gasteiger partial charge is 0.294 e. The molecular weight excluding hydrogens is 230 g/mol. The molecule has 0 atom stereocenters. The molecule has 0 bridgehead atoms. The number of para-hydroxylation sites is 1. The number of rotatable bonds is 2. The zero-order chi connectivity index (χ0) is 12.4. The Bertz CT molecular complexity index is 752. The second kappa shape index (κ2) is 4.25. The minimum atomic E-state index is -0.228. The van der Waals surface area contributed by atoms with Gasteiger partial charge in [0.15, 0.2) is 0 Å². The van der Waals surface area contributed by atoms with E-state index < -0.39 is 0 Å². The summed E-state index contributed by atoms with van der Waals surface area (Å²) in [5, 5.41) is 3.80. The van der Waals surface area contributed by atoms with Crippen LogP contribution in [0.1, 0.15) is 0 Å². The molecular formula is C12H9N5O. The number of benzene rings is 1. The summed E-state index contributed by atoms with van der Waals surface area (Å²) < 4.78 is 0. The van der Waals surface area contributed by atoms with Crippen LogP contribution < -0.4 is 10.9 Å². The number of H-pyrrole nitrogens is 1. The highest BCUT2D eigenvalue weighted by Gasteiger charge is 2.01. The van der Waals surface area contributed by atoms with Crippen molar-refractivity contribution in [2.45, 2.75) is 0 Å². The Balaban J connectivity index is 1.97. The molecule has 2 heterocycles. The lowest BCUT2D eigenvalue weighted by Gasteiger charge is -2.03. The van der Waals surface area contributed by atoms with Crippen molar-refractivity contribution in [2.75, 3.05) is 5.32 Å². The molecule has 2 N–H and O–H groups in total. The lowest BCUT2D eigenvalue weighted by atomic mass is 10.2. The van der Waals surface area contributed by atoms with Crippen molar-refractivity contribution in [2.24, 2.45) is 0 Å². The highest BCUT2D eigenvalue weighted by molar-refractivity contribution is 5.78. The predicted molar refractivity (Wildman–Crippen MR) is 67.7 cm³/mol. The topological polar surface area (TPSA) is 83.6 Å². The first kappa shape index (κ1) is 10.4. The number of aromatic amines is 1. The third kappa shape index (κ3) is 2.03. The van der Waals surface area contributed by atoms with Crippen LogP contribution >= 0.6 is 0 Å². The summed E-state index contributed by atoms with van der Waals surface area (Å²) in [5.41, 5.74) is 0.599. The third-order valence-corrected chi connectivity index (χ3v) is 2.39. The maximum atomic E-state index is 11.1. The van der Waals surface area contributed by atoms with Gasteiger partial charge in [0.05, 0.1) is 5.52 Å². The lowest BCUT2D eigenvalue weighted by molar-refractivity contribution is 1.09. The molecule has 6 nitrogen and oxygen atoms in total. The second-order valence-corrected chi connectivity index (χ2v) is 3.66. The molecule has 0 fully saturated rings. The van der Waals surface area contributed by atoms with Crippen molar-refractivity contribution >= 4 is 22.8 Å². The maximum absolute atomic E-state index is 11.1. The van der Waals surface area contributed by atoms with Crippen LogP contribution in [0.2, 0.25) is 0 Å². The fraction of sp³-hybridized carbons (Fsp3) is 0. The van der Waals surface area contributed by atoms with Gasteiger partial charge in [-0.15, -0.1) is 0 Å². The summed E-state index contributed by atoms with van der Waals surface area (Å²) >= 11 is 0. The lowest BCUT2D eigenvalue weighted by Crippen LogP contribution is -2.09. The van der Waals surface area contributed by atoms with E-state index in [0.29, 0.717) is 11.9 Å². The Kier molecular flexibility index (Phi) is 2.45. The van der Waals surface area contributed by atoms with Gasteiger partial charge in [-0.1, -0.05) is 18.2 Å². The van der Waals surface area contributed by atoms with E-state index in [-0.39, 0.29) is 5.56 Å². The maximum Gasteiger partial charge on any atom is 0.252 e. The summed E-state index contributed by atoms with van der Waals surface area (Å²) in [4.78, 5) is 26.1. The van der Waals surface area contributed by atoms with Crippen molar-refractivity contribution in [3.8, 4) is 0 Å². The first-order valence-corrected chi connectivity index (χ1v) is 5.35. The number of anilines is 2. The van der Waals surface area contributed by atoms with Gasteiger partial charge in [0.2, 0.25) is 11.9 Å². The molecule has 88 valence electrons. The standard InChI is InChI=1S/C12H9N5O/c18-10-5-6-13-11(16-10)17-12-14-7-8-3-1-2-4-9(8)15-12/h1-7H,(H2,13,14,15,16,17,18). The van der Waals surface area contributed by atoms with Gasteiger partial charge in [-0.3, -0.25) is 15.1 Å². The quantitative estimate of drug-likeness (QED) is 0.707. The van der Waals surface area contributed by atoms with Crippen LogP contribution in [0.5, 0.6) is 0 Å². The molecule has 0 saturated heterocycles. The molecule has 0 spiro atoms. The minimum absolute atomic E-state index is 0.228. The summed E-state index contributed by atoms with van der Waals surface area (Å²) in [7, 11) is 0. The normalized spacial score (nSPS) is 10.4. The Labute approximate surface area is 102 Å². The van der Waals surface area contributed by atoms with Gasteiger partial charge < -0.3 is 0 Å². The van der Waals surface area contributed by atoms with Gasteiger partial charge in [-0.05, 0) is 6.07 Å². The van der Waals surface area contributed by atoms with Gasteiger partial charge in [-0.2, -0.15) is 0 Å². The van der Waals surface area contributed by atoms with Crippen LogP contribution in [0.4, 0.5) is 11.9 Å². The monoisotopic (exact) mass is 239 g/mol. The summed E-state index contributed by atoms with van der Waals surface area (Å²) in [5.74, 6) is 0.709. The molecule has 0 radical (unpaired) electrons. The van der Waals surface area contributed by atoms with E-state index in [1.165, 1.54) is 12.3 Å². The number of fused-ring (bicyclic) bond motifs is 1. The Morgan fingerprint density at radius 1 is 1.11 bits per heavy atom. The van der Waals surface area contributed by atoms with E-state index in [1.54, 1.807) is 6.20 Å². The number of aromatic nitrogens is 4. The van der Waals surface area contributed by atoms with E-state index >= 15 is 0 Å². The van der Waals surface area contributed by atoms with Crippen LogP contribution in [-0.2, 0) is 0 Å². The van der Waals surface area contributed by atoms with Crippen LogP contribution in [0.15, 0.2) is 47.5 Å². The summed E-state index contributed by atoms with van der Waals surface area (Å²) in [6.45, 7) is 0. The number of nitrogens with one attached hydrogen (secondary N) is 2. The highest BCUT2D eigenvalue weighted by Crippen LogP contribution is 2.13. The molecule has 0 aliphatic heterocycles. The molecule has 0 saturated carbocycles. The summed E-state index contributed by atoms with van der Waals surface area (Å²) in [6.07, 6.45) is 3.13. The van der Waals surface area contributed by atoms with Crippen LogP contribution in [0.25, 0.3) is 10.9 Å². The van der Waals surface area contributed by atoms with Crippen molar-refractivity contribution in [1.82, 2.24) is 19.9 Å². The van der Waals surface area contributed by atoms with E-state index in [2.05, 4.69) is 25.3 Å². The first-order chi connectivity index (χ1) is 8.81. The average molecular weight is 239 g/mol. The van der Waals surface area contributed by atoms with E-state index in [9.17, 15) is 4.79 Å². The molecule has 0 aliphatic carbocycles. The minimum Gasteiger partial charge on any atom is -0.294 e. The Hall–Kier alpha value is -2.76. The van der Waals surface area contributed by atoms with Gasteiger partial charge in [-0.25, -0.2) is 15.0 Å². The second-order valence-electron chi connectivity index (χ2n) is 3.66. The molecule has 2 aromatic heterocycles. The van der Waals surface area contributed by atoms with Gasteiger partial charge >= 0.3 is 0 Å². The van der Waals surface area contributed by atoms with Crippen molar-refractivity contribution < 1.29 is 0 Å². The van der Waals surface area contributed by atoms with Crippen molar-refractivity contribution in [3.63, 3.8) is 0 Å². The van der Waals surface area contributed by atoms with Gasteiger partial charge in [0.25, 0.3) is 5.56 Å². The predicted octanol–water partition coefficient (Wildman–Crippen LogP) is 1.46. The SMILES string of the molecule is O=c1ccnc(Nc2ncc3ccccc3n2)[nH]1. The molecule has 1 aromatic carbocycles. The van der Waals surface area contributed by atoms with E-state index in [0.717, 1.165) is 10.9 Å².